The van der Waals surface area contributed by atoms with Gasteiger partial charge in [-0.05, 0) is 13.8 Å². The zero-order chi connectivity index (χ0) is 8.43. The Morgan fingerprint density at radius 1 is 1.73 bits per heavy atom. The summed E-state index contributed by atoms with van der Waals surface area (Å²) in [5, 5.41) is 0. The predicted molar refractivity (Wildman–Crippen MR) is 38.2 cm³/mol. The number of carbonyl (C=O) groups is 2. The molecule has 4 heteroatoms. The summed E-state index contributed by atoms with van der Waals surface area (Å²) in [6.45, 7) is 4.10. The molecule has 0 aromatic carbocycles. The molecule has 0 radical (unpaired) electrons. The maximum atomic E-state index is 10.9. The van der Waals surface area contributed by atoms with Crippen LogP contribution in [0.5, 0.6) is 0 Å². The Balaban J connectivity index is 2.59. The first-order valence-corrected chi connectivity index (χ1v) is 3.57. The van der Waals surface area contributed by atoms with Crippen molar-refractivity contribution in [2.75, 3.05) is 13.2 Å². The van der Waals surface area contributed by atoms with Gasteiger partial charge in [-0.1, -0.05) is 0 Å². The second kappa shape index (κ2) is 2.90. The molecule has 0 aromatic rings. The summed E-state index contributed by atoms with van der Waals surface area (Å²) < 4.78 is 4.67. The lowest BCUT2D eigenvalue weighted by molar-refractivity contribution is -0.120. The van der Waals surface area contributed by atoms with Gasteiger partial charge in [0.25, 0.3) is 0 Å². The van der Waals surface area contributed by atoms with Crippen LogP contribution in [0.1, 0.15) is 13.8 Å². The summed E-state index contributed by atoms with van der Waals surface area (Å²) in [5.41, 5.74) is 0. The van der Waals surface area contributed by atoms with Crippen molar-refractivity contribution in [1.82, 2.24) is 4.90 Å². The van der Waals surface area contributed by atoms with E-state index in [2.05, 4.69) is 4.74 Å². The molecule has 1 unspecified atom stereocenters. The highest BCUT2D eigenvalue weighted by Crippen LogP contribution is 2.08. The quantitative estimate of drug-likeness (QED) is 0.583. The van der Waals surface area contributed by atoms with E-state index in [1.807, 2.05) is 0 Å². The number of ketones is 1. The van der Waals surface area contributed by atoms with Gasteiger partial charge in [0.05, 0.1) is 12.6 Å². The number of rotatable bonds is 2. The van der Waals surface area contributed by atoms with Crippen LogP contribution in [0.3, 0.4) is 0 Å². The van der Waals surface area contributed by atoms with Gasteiger partial charge in [0, 0.05) is 0 Å². The molecule has 0 aromatic heterocycles. The van der Waals surface area contributed by atoms with Crippen LogP contribution >= 0.6 is 0 Å². The van der Waals surface area contributed by atoms with Crippen LogP contribution in [0.25, 0.3) is 0 Å². The maximum absolute atomic E-state index is 10.9. The van der Waals surface area contributed by atoms with E-state index in [9.17, 15) is 9.59 Å². The third-order valence-electron chi connectivity index (χ3n) is 1.85. The molecule has 0 aliphatic carbocycles. The van der Waals surface area contributed by atoms with Crippen LogP contribution in [0.4, 0.5) is 4.79 Å². The third-order valence-corrected chi connectivity index (χ3v) is 1.85. The molecule has 1 saturated heterocycles. The third kappa shape index (κ3) is 1.50. The molecule has 1 fully saturated rings. The SMILES string of the molecule is CC(=O)C(C)N1CCOC1=O. The van der Waals surface area contributed by atoms with Gasteiger partial charge in [0.1, 0.15) is 6.61 Å². The molecule has 1 atom stereocenters. The fraction of sp³-hybridized carbons (Fsp3) is 0.714. The maximum Gasteiger partial charge on any atom is 0.410 e. The lowest BCUT2D eigenvalue weighted by atomic mass is 10.2. The molecule has 1 amide bonds. The van der Waals surface area contributed by atoms with Crippen molar-refractivity contribution in [2.45, 2.75) is 19.9 Å². The molecule has 4 nitrogen and oxygen atoms in total. The summed E-state index contributed by atoms with van der Waals surface area (Å²) in [4.78, 5) is 23.1. The molecule has 1 aliphatic heterocycles. The molecule has 1 heterocycles. The molecule has 11 heavy (non-hydrogen) atoms. The van der Waals surface area contributed by atoms with Gasteiger partial charge < -0.3 is 4.74 Å². The van der Waals surface area contributed by atoms with Gasteiger partial charge in [-0.25, -0.2) is 4.79 Å². The van der Waals surface area contributed by atoms with Crippen LogP contribution < -0.4 is 0 Å². The molecule has 62 valence electrons. The number of nitrogens with zero attached hydrogens (tertiary/aromatic N) is 1. The molecule has 1 aliphatic rings. The van der Waals surface area contributed by atoms with E-state index in [4.69, 9.17) is 0 Å². The number of hydrogen-bond acceptors (Lipinski definition) is 3. The van der Waals surface area contributed by atoms with E-state index in [1.54, 1.807) is 6.92 Å². The average Bonchev–Trinajstić information content (AvgIpc) is 2.33. The molecule has 0 spiro atoms. The highest BCUT2D eigenvalue weighted by molar-refractivity contribution is 5.85. The van der Waals surface area contributed by atoms with Gasteiger partial charge >= 0.3 is 6.09 Å². The number of amides is 1. The van der Waals surface area contributed by atoms with Crippen LogP contribution in [0.15, 0.2) is 0 Å². The highest BCUT2D eigenvalue weighted by Gasteiger charge is 2.28. The highest BCUT2D eigenvalue weighted by atomic mass is 16.6. The zero-order valence-corrected chi connectivity index (χ0v) is 6.66. The van der Waals surface area contributed by atoms with E-state index in [0.717, 1.165) is 0 Å². The van der Waals surface area contributed by atoms with Crippen molar-refractivity contribution < 1.29 is 14.3 Å². The normalized spacial score (nSPS) is 19.8. The van der Waals surface area contributed by atoms with Crippen molar-refractivity contribution >= 4 is 11.9 Å². The van der Waals surface area contributed by atoms with Crippen molar-refractivity contribution in [3.8, 4) is 0 Å². The summed E-state index contributed by atoms with van der Waals surface area (Å²) in [5.74, 6) is -0.0103. The summed E-state index contributed by atoms with van der Waals surface area (Å²) in [7, 11) is 0. The summed E-state index contributed by atoms with van der Waals surface area (Å²) in [6, 6.07) is -0.343. The van der Waals surface area contributed by atoms with Crippen molar-refractivity contribution in [2.24, 2.45) is 0 Å². The van der Waals surface area contributed by atoms with Gasteiger partial charge in [-0.3, -0.25) is 9.69 Å². The molecule has 0 bridgehead atoms. The summed E-state index contributed by atoms with van der Waals surface area (Å²) in [6.07, 6.45) is -0.382. The Labute approximate surface area is 65.1 Å². The van der Waals surface area contributed by atoms with Crippen molar-refractivity contribution in [3.05, 3.63) is 0 Å². The second-order valence-corrected chi connectivity index (χ2v) is 2.59. The second-order valence-electron chi connectivity index (χ2n) is 2.59. The number of cyclic esters (lactones) is 1. The monoisotopic (exact) mass is 157 g/mol. The van der Waals surface area contributed by atoms with E-state index >= 15 is 0 Å². The lowest BCUT2D eigenvalue weighted by Gasteiger charge is -2.18. The van der Waals surface area contributed by atoms with E-state index in [0.29, 0.717) is 13.2 Å². The largest absolute Gasteiger partial charge is 0.448 e. The zero-order valence-electron chi connectivity index (χ0n) is 6.66. The minimum Gasteiger partial charge on any atom is -0.448 e. The van der Waals surface area contributed by atoms with Crippen molar-refractivity contribution in [1.29, 1.82) is 0 Å². The first-order chi connectivity index (χ1) is 5.13. The minimum absolute atomic E-state index is 0.0103. The molecule has 0 saturated carbocycles. The van der Waals surface area contributed by atoms with Crippen LogP contribution in [0, 0.1) is 0 Å². The Hall–Kier alpha value is -1.06. The van der Waals surface area contributed by atoms with Gasteiger partial charge in [0.2, 0.25) is 0 Å². The number of hydrogen-bond donors (Lipinski definition) is 0. The fourth-order valence-electron chi connectivity index (χ4n) is 0.977. The minimum atomic E-state index is -0.382. The Bertz CT molecular complexity index is 190. The fourth-order valence-corrected chi connectivity index (χ4v) is 0.977. The van der Waals surface area contributed by atoms with Gasteiger partial charge in [-0.2, -0.15) is 0 Å². The number of carbonyl (C=O) groups excluding carboxylic acids is 2. The van der Waals surface area contributed by atoms with Gasteiger partial charge in [0.15, 0.2) is 5.78 Å². The lowest BCUT2D eigenvalue weighted by Crippen LogP contribution is -2.38. The Morgan fingerprint density at radius 2 is 2.36 bits per heavy atom. The number of Topliss-reactive ketones (excluding diaryl/α,β-unsaturated/α-hetero) is 1. The standard InChI is InChI=1S/C7H11NO3/c1-5(6(2)9)8-3-4-11-7(8)10/h5H,3-4H2,1-2H3. The molecular weight excluding hydrogens is 146 g/mol. The van der Waals surface area contributed by atoms with Crippen LogP contribution in [0.2, 0.25) is 0 Å². The van der Waals surface area contributed by atoms with Gasteiger partial charge in [-0.15, -0.1) is 0 Å². The van der Waals surface area contributed by atoms with Crippen LogP contribution in [-0.2, 0) is 9.53 Å². The predicted octanol–water partition coefficient (Wildman–Crippen LogP) is 0.416. The topological polar surface area (TPSA) is 46.6 Å². The molecule has 0 N–H and O–H groups in total. The molecule has 1 rings (SSSR count). The Kier molecular flexibility index (Phi) is 2.12. The Morgan fingerprint density at radius 3 is 2.73 bits per heavy atom. The molecular formula is C7H11NO3. The number of ether oxygens (including phenoxy) is 1. The van der Waals surface area contributed by atoms with E-state index < -0.39 is 0 Å². The van der Waals surface area contributed by atoms with E-state index in [1.165, 1.54) is 11.8 Å². The smallest absolute Gasteiger partial charge is 0.410 e. The average molecular weight is 157 g/mol. The first-order valence-electron chi connectivity index (χ1n) is 3.57. The van der Waals surface area contributed by atoms with Crippen molar-refractivity contribution in [3.63, 3.8) is 0 Å². The first kappa shape index (κ1) is 8.04. The van der Waals surface area contributed by atoms with Crippen LogP contribution in [-0.4, -0.2) is 36.0 Å². The van der Waals surface area contributed by atoms with E-state index in [-0.39, 0.29) is 17.9 Å². The summed E-state index contributed by atoms with van der Waals surface area (Å²) >= 11 is 0.